The fourth-order valence-corrected chi connectivity index (χ4v) is 4.96. The number of carbonyl (C=O) groups is 2. The third-order valence-corrected chi connectivity index (χ3v) is 6.46. The SMILES string of the molecule is O=C1Nc2c(Cl)cc3cc(C(=O)NCc4ccccc4F)oc3c2C2(CCCCC2)N1. The van der Waals surface area contributed by atoms with E-state index in [1.165, 1.54) is 6.07 Å². The Morgan fingerprint density at radius 1 is 1.19 bits per heavy atom. The number of nitrogens with one attached hydrogen (secondary N) is 3. The number of benzene rings is 2. The summed E-state index contributed by atoms with van der Waals surface area (Å²) in [6, 6.07) is 9.31. The average Bonchev–Trinajstić information content (AvgIpc) is 3.17. The molecule has 31 heavy (non-hydrogen) atoms. The van der Waals surface area contributed by atoms with Crippen molar-refractivity contribution in [3.05, 3.63) is 64.1 Å². The van der Waals surface area contributed by atoms with E-state index < -0.39 is 11.4 Å². The van der Waals surface area contributed by atoms with Crippen LogP contribution in [-0.2, 0) is 12.1 Å². The molecule has 1 aromatic heterocycles. The van der Waals surface area contributed by atoms with Gasteiger partial charge in [0.1, 0.15) is 11.4 Å². The van der Waals surface area contributed by atoms with Crippen LogP contribution in [0.2, 0.25) is 5.02 Å². The molecular weight excluding hydrogens is 421 g/mol. The number of anilines is 1. The minimum Gasteiger partial charge on any atom is -0.450 e. The first kappa shape index (κ1) is 19.9. The smallest absolute Gasteiger partial charge is 0.319 e. The molecule has 2 aromatic carbocycles. The summed E-state index contributed by atoms with van der Waals surface area (Å²) in [5.41, 5.74) is 1.68. The lowest BCUT2D eigenvalue weighted by atomic mass is 9.74. The van der Waals surface area contributed by atoms with Crippen molar-refractivity contribution in [2.75, 3.05) is 5.32 Å². The summed E-state index contributed by atoms with van der Waals surface area (Å²) < 4.78 is 19.9. The zero-order valence-corrected chi connectivity index (χ0v) is 17.4. The number of fused-ring (bicyclic) bond motifs is 4. The van der Waals surface area contributed by atoms with Crippen LogP contribution in [0.5, 0.6) is 0 Å². The molecular formula is C23H21ClFN3O3. The van der Waals surface area contributed by atoms with Gasteiger partial charge in [-0.2, -0.15) is 0 Å². The van der Waals surface area contributed by atoms with Gasteiger partial charge in [0.25, 0.3) is 5.91 Å². The van der Waals surface area contributed by atoms with Gasteiger partial charge >= 0.3 is 6.03 Å². The van der Waals surface area contributed by atoms with Gasteiger partial charge in [-0.3, -0.25) is 4.79 Å². The van der Waals surface area contributed by atoms with E-state index in [1.54, 1.807) is 30.3 Å². The quantitative estimate of drug-likeness (QED) is 0.505. The predicted molar refractivity (Wildman–Crippen MR) is 116 cm³/mol. The third kappa shape index (κ3) is 3.43. The Labute approximate surface area is 183 Å². The highest BCUT2D eigenvalue weighted by molar-refractivity contribution is 6.35. The van der Waals surface area contributed by atoms with E-state index >= 15 is 0 Å². The number of hydrogen-bond acceptors (Lipinski definition) is 3. The van der Waals surface area contributed by atoms with Crippen molar-refractivity contribution in [3.8, 4) is 0 Å². The van der Waals surface area contributed by atoms with Gasteiger partial charge in [-0.15, -0.1) is 0 Å². The number of hydrogen-bond donors (Lipinski definition) is 3. The summed E-state index contributed by atoms with van der Waals surface area (Å²) in [5.74, 6) is -0.720. The van der Waals surface area contributed by atoms with E-state index in [-0.39, 0.29) is 24.2 Å². The third-order valence-electron chi connectivity index (χ3n) is 6.16. The zero-order chi connectivity index (χ0) is 21.6. The van der Waals surface area contributed by atoms with Crippen molar-refractivity contribution < 1.29 is 18.4 Å². The molecule has 160 valence electrons. The molecule has 0 bridgehead atoms. The molecule has 0 radical (unpaired) electrons. The molecule has 2 heterocycles. The summed E-state index contributed by atoms with van der Waals surface area (Å²) in [7, 11) is 0. The van der Waals surface area contributed by atoms with Gasteiger partial charge in [0.05, 0.1) is 16.2 Å². The normalized spacial score (nSPS) is 17.2. The lowest BCUT2D eigenvalue weighted by Crippen LogP contribution is -2.52. The highest BCUT2D eigenvalue weighted by Gasteiger charge is 2.43. The summed E-state index contributed by atoms with van der Waals surface area (Å²) in [4.78, 5) is 25.1. The first-order valence-corrected chi connectivity index (χ1v) is 10.7. The Kier molecular flexibility index (Phi) is 4.85. The minimum atomic E-state index is -0.572. The molecule has 8 heteroatoms. The van der Waals surface area contributed by atoms with E-state index in [4.69, 9.17) is 16.0 Å². The zero-order valence-electron chi connectivity index (χ0n) is 16.7. The Morgan fingerprint density at radius 3 is 2.74 bits per heavy atom. The van der Waals surface area contributed by atoms with Crippen molar-refractivity contribution in [1.82, 2.24) is 10.6 Å². The first-order valence-electron chi connectivity index (χ1n) is 10.3. The molecule has 2 aliphatic rings. The van der Waals surface area contributed by atoms with Gasteiger partial charge < -0.3 is 20.4 Å². The van der Waals surface area contributed by atoms with Gasteiger partial charge in [-0.1, -0.05) is 49.1 Å². The Hall–Kier alpha value is -3.06. The lowest BCUT2D eigenvalue weighted by molar-refractivity contribution is 0.0924. The van der Waals surface area contributed by atoms with E-state index in [9.17, 15) is 14.0 Å². The fourth-order valence-electron chi connectivity index (χ4n) is 4.70. The Bertz CT molecular complexity index is 1200. The van der Waals surface area contributed by atoms with Gasteiger partial charge in [-0.05, 0) is 31.0 Å². The molecule has 1 aliphatic heterocycles. The Balaban J connectivity index is 1.53. The maximum Gasteiger partial charge on any atom is 0.319 e. The van der Waals surface area contributed by atoms with Crippen molar-refractivity contribution in [3.63, 3.8) is 0 Å². The molecule has 1 saturated carbocycles. The maximum absolute atomic E-state index is 13.8. The van der Waals surface area contributed by atoms with Crippen molar-refractivity contribution in [2.45, 2.75) is 44.2 Å². The van der Waals surface area contributed by atoms with E-state index in [0.717, 1.165) is 37.7 Å². The second-order valence-electron chi connectivity index (χ2n) is 8.13. The number of carbonyl (C=O) groups excluding carboxylic acids is 2. The van der Waals surface area contributed by atoms with Crippen LogP contribution >= 0.6 is 11.6 Å². The second kappa shape index (κ2) is 7.57. The standard InChI is InChI=1S/C23H21ClFN3O3/c24-15-10-14-11-17(21(29)26-12-13-6-2-3-7-16(13)25)31-20(14)18-19(15)27-22(30)28-23(18)8-4-1-5-9-23/h2-3,6-7,10-11H,1,4-5,8-9,12H2,(H,26,29)(H2,27,28,30). The average molecular weight is 442 g/mol. The molecule has 3 aromatic rings. The largest absolute Gasteiger partial charge is 0.450 e. The van der Waals surface area contributed by atoms with Crippen molar-refractivity contribution in [2.24, 2.45) is 0 Å². The fraction of sp³-hybridized carbons (Fsp3) is 0.304. The molecule has 6 nitrogen and oxygen atoms in total. The van der Waals surface area contributed by atoms with Crippen LogP contribution < -0.4 is 16.0 Å². The van der Waals surface area contributed by atoms with E-state index in [2.05, 4.69) is 16.0 Å². The first-order chi connectivity index (χ1) is 15.0. The van der Waals surface area contributed by atoms with Crippen molar-refractivity contribution >= 4 is 40.2 Å². The van der Waals surface area contributed by atoms with Gasteiger partial charge in [0.2, 0.25) is 0 Å². The molecule has 1 aliphatic carbocycles. The van der Waals surface area contributed by atoms with Crippen LogP contribution in [-0.4, -0.2) is 11.9 Å². The highest BCUT2D eigenvalue weighted by atomic mass is 35.5. The second-order valence-corrected chi connectivity index (χ2v) is 8.54. The van der Waals surface area contributed by atoms with Crippen LogP contribution in [0.1, 0.15) is 53.8 Å². The minimum absolute atomic E-state index is 0.0446. The number of furan rings is 1. The number of halogens is 2. The molecule has 1 spiro atoms. The maximum atomic E-state index is 13.8. The van der Waals surface area contributed by atoms with Crippen LogP contribution in [0.3, 0.4) is 0 Å². The summed E-state index contributed by atoms with van der Waals surface area (Å²) in [5, 5.41) is 9.67. The number of urea groups is 1. The van der Waals surface area contributed by atoms with Crippen LogP contribution in [0.4, 0.5) is 14.9 Å². The monoisotopic (exact) mass is 441 g/mol. The summed E-state index contributed by atoms with van der Waals surface area (Å²) in [6.07, 6.45) is 4.61. The number of rotatable bonds is 3. The Morgan fingerprint density at radius 2 is 1.97 bits per heavy atom. The van der Waals surface area contributed by atoms with Gasteiger partial charge in [-0.25, -0.2) is 9.18 Å². The molecule has 0 unspecified atom stereocenters. The van der Waals surface area contributed by atoms with E-state index in [1.807, 2.05) is 0 Å². The van der Waals surface area contributed by atoms with Crippen LogP contribution in [0, 0.1) is 5.82 Å². The van der Waals surface area contributed by atoms with Crippen molar-refractivity contribution in [1.29, 1.82) is 0 Å². The molecule has 1 fully saturated rings. The van der Waals surface area contributed by atoms with Crippen LogP contribution in [0.15, 0.2) is 40.8 Å². The molecule has 0 saturated heterocycles. The molecule has 3 N–H and O–H groups in total. The summed E-state index contributed by atoms with van der Waals surface area (Å²) in [6.45, 7) is 0.0446. The van der Waals surface area contributed by atoms with Gasteiger partial charge in [0.15, 0.2) is 5.76 Å². The lowest BCUT2D eigenvalue weighted by Gasteiger charge is -2.42. The molecule has 0 atom stereocenters. The van der Waals surface area contributed by atoms with E-state index in [0.29, 0.717) is 27.2 Å². The predicted octanol–water partition coefficient (Wildman–Crippen LogP) is 5.45. The topological polar surface area (TPSA) is 83.4 Å². The molecule has 3 amide bonds. The molecule has 5 rings (SSSR count). The van der Waals surface area contributed by atoms with Gasteiger partial charge in [0, 0.05) is 23.1 Å². The number of amides is 3. The highest BCUT2D eigenvalue weighted by Crippen LogP contribution is 2.48. The summed E-state index contributed by atoms with van der Waals surface area (Å²) >= 11 is 6.51. The van der Waals surface area contributed by atoms with Crippen LogP contribution in [0.25, 0.3) is 11.0 Å².